The zero-order valence-corrected chi connectivity index (χ0v) is 15.0. The molecule has 0 aliphatic rings. The third kappa shape index (κ3) is 7.46. The maximum absolute atomic E-state index is 11.6. The molecule has 0 bridgehead atoms. The third-order valence-electron chi connectivity index (χ3n) is 3.22. The second-order valence-electron chi connectivity index (χ2n) is 6.97. The fraction of sp³-hybridized carbons (Fsp3) is 0.556. The van der Waals surface area contributed by atoms with Gasteiger partial charge in [0.25, 0.3) is 0 Å². The molecule has 0 saturated heterocycles. The standard InChI is InChI=1S/C18H27NO5/c1-12(2)15(16(20)21)19-11-10-13-6-8-14(9-7-13)23-17(22)24-18(3,4)5/h6-9,12,15,19H,10-11H2,1-5H3,(H,20,21)/t15-/m0/s1. The van der Waals surface area contributed by atoms with Crippen molar-refractivity contribution in [1.29, 1.82) is 0 Å². The van der Waals surface area contributed by atoms with E-state index in [1.165, 1.54) is 0 Å². The van der Waals surface area contributed by atoms with Crippen molar-refractivity contribution in [2.24, 2.45) is 5.92 Å². The normalized spacial score (nSPS) is 12.8. The molecule has 0 radical (unpaired) electrons. The van der Waals surface area contributed by atoms with Crippen molar-refractivity contribution in [2.75, 3.05) is 6.54 Å². The average molecular weight is 337 g/mol. The van der Waals surface area contributed by atoms with Crippen molar-refractivity contribution < 1.29 is 24.2 Å². The van der Waals surface area contributed by atoms with Crippen LogP contribution >= 0.6 is 0 Å². The minimum atomic E-state index is -0.842. The van der Waals surface area contributed by atoms with Gasteiger partial charge in [-0.25, -0.2) is 4.79 Å². The summed E-state index contributed by atoms with van der Waals surface area (Å²) < 4.78 is 10.2. The topological polar surface area (TPSA) is 84.9 Å². The van der Waals surface area contributed by atoms with Crippen LogP contribution in [-0.2, 0) is 16.0 Å². The lowest BCUT2D eigenvalue weighted by Gasteiger charge is -2.19. The molecule has 0 spiro atoms. The van der Waals surface area contributed by atoms with Gasteiger partial charge in [-0.05, 0) is 57.4 Å². The molecule has 2 N–H and O–H groups in total. The zero-order valence-electron chi connectivity index (χ0n) is 15.0. The number of carboxylic acids is 1. The van der Waals surface area contributed by atoms with E-state index in [1.807, 2.05) is 26.0 Å². The number of aliphatic carboxylic acids is 1. The maximum Gasteiger partial charge on any atom is 0.514 e. The highest BCUT2D eigenvalue weighted by Crippen LogP contribution is 2.15. The lowest BCUT2D eigenvalue weighted by atomic mass is 10.0. The number of carboxylic acid groups (broad SMARTS) is 1. The van der Waals surface area contributed by atoms with Crippen molar-refractivity contribution in [3.63, 3.8) is 0 Å². The van der Waals surface area contributed by atoms with Crippen LogP contribution in [0, 0.1) is 5.92 Å². The molecule has 1 aromatic carbocycles. The van der Waals surface area contributed by atoms with Gasteiger partial charge in [-0.1, -0.05) is 26.0 Å². The Labute approximate surface area is 143 Å². The Morgan fingerprint density at radius 3 is 2.21 bits per heavy atom. The molecule has 0 amide bonds. The molecule has 1 rings (SSSR count). The van der Waals surface area contributed by atoms with Crippen LogP contribution in [-0.4, -0.2) is 35.4 Å². The number of benzene rings is 1. The minimum Gasteiger partial charge on any atom is -0.480 e. The van der Waals surface area contributed by atoms with E-state index >= 15 is 0 Å². The van der Waals surface area contributed by atoms with Crippen LogP contribution in [0.2, 0.25) is 0 Å². The molecular formula is C18H27NO5. The van der Waals surface area contributed by atoms with Crippen molar-refractivity contribution in [2.45, 2.75) is 52.7 Å². The van der Waals surface area contributed by atoms with Crippen LogP contribution in [0.1, 0.15) is 40.2 Å². The van der Waals surface area contributed by atoms with E-state index in [0.717, 1.165) is 5.56 Å². The fourth-order valence-corrected chi connectivity index (χ4v) is 2.07. The Kier molecular flexibility index (Phi) is 7.22. The molecular weight excluding hydrogens is 310 g/mol. The van der Waals surface area contributed by atoms with Gasteiger partial charge in [0.1, 0.15) is 17.4 Å². The van der Waals surface area contributed by atoms with Gasteiger partial charge in [-0.15, -0.1) is 0 Å². The molecule has 0 aliphatic heterocycles. The largest absolute Gasteiger partial charge is 0.514 e. The summed E-state index contributed by atoms with van der Waals surface area (Å²) in [6, 6.07) is 6.51. The van der Waals surface area contributed by atoms with Crippen molar-refractivity contribution in [1.82, 2.24) is 5.32 Å². The Bertz CT molecular complexity index is 546. The molecule has 1 aromatic rings. The molecule has 0 aromatic heterocycles. The van der Waals surface area contributed by atoms with Gasteiger partial charge >= 0.3 is 12.1 Å². The zero-order chi connectivity index (χ0) is 18.3. The van der Waals surface area contributed by atoms with Gasteiger partial charge < -0.3 is 19.9 Å². The van der Waals surface area contributed by atoms with Gasteiger partial charge in [0.05, 0.1) is 0 Å². The quantitative estimate of drug-likeness (QED) is 0.587. The van der Waals surface area contributed by atoms with E-state index < -0.39 is 23.8 Å². The van der Waals surface area contributed by atoms with E-state index in [0.29, 0.717) is 18.7 Å². The van der Waals surface area contributed by atoms with Gasteiger partial charge in [-0.2, -0.15) is 0 Å². The molecule has 6 heteroatoms. The molecule has 0 fully saturated rings. The van der Waals surface area contributed by atoms with E-state index in [-0.39, 0.29) is 5.92 Å². The summed E-state index contributed by atoms with van der Waals surface area (Å²) in [5.74, 6) is -0.412. The minimum absolute atomic E-state index is 0.0205. The third-order valence-corrected chi connectivity index (χ3v) is 3.22. The number of ether oxygens (including phenoxy) is 2. The molecule has 0 saturated carbocycles. The van der Waals surface area contributed by atoms with Gasteiger partial charge in [0, 0.05) is 0 Å². The lowest BCUT2D eigenvalue weighted by molar-refractivity contribution is -0.140. The number of rotatable bonds is 7. The summed E-state index contributed by atoms with van der Waals surface area (Å²) >= 11 is 0. The van der Waals surface area contributed by atoms with E-state index in [1.54, 1.807) is 32.9 Å². The second kappa shape index (κ2) is 8.68. The van der Waals surface area contributed by atoms with Crippen molar-refractivity contribution in [3.05, 3.63) is 29.8 Å². The molecule has 1 atom stereocenters. The number of carbonyl (C=O) groups is 2. The van der Waals surface area contributed by atoms with Gasteiger partial charge in [-0.3, -0.25) is 4.79 Å². The lowest BCUT2D eigenvalue weighted by Crippen LogP contribution is -2.41. The monoisotopic (exact) mass is 337 g/mol. The smallest absolute Gasteiger partial charge is 0.480 e. The number of carbonyl (C=O) groups excluding carboxylic acids is 1. The van der Waals surface area contributed by atoms with Crippen LogP contribution < -0.4 is 10.1 Å². The van der Waals surface area contributed by atoms with Crippen molar-refractivity contribution >= 4 is 12.1 Å². The number of hydrogen-bond acceptors (Lipinski definition) is 5. The van der Waals surface area contributed by atoms with Crippen LogP contribution in [0.5, 0.6) is 5.75 Å². The van der Waals surface area contributed by atoms with Gasteiger partial charge in [0.15, 0.2) is 0 Å². The van der Waals surface area contributed by atoms with Crippen LogP contribution in [0.3, 0.4) is 0 Å². The molecule has 134 valence electrons. The molecule has 0 aliphatic carbocycles. The first-order valence-electron chi connectivity index (χ1n) is 8.04. The van der Waals surface area contributed by atoms with E-state index in [9.17, 15) is 9.59 Å². The molecule has 0 unspecified atom stereocenters. The highest BCUT2D eigenvalue weighted by molar-refractivity contribution is 5.73. The van der Waals surface area contributed by atoms with Crippen LogP contribution in [0.15, 0.2) is 24.3 Å². The highest BCUT2D eigenvalue weighted by atomic mass is 16.7. The maximum atomic E-state index is 11.6. The number of hydrogen-bond donors (Lipinski definition) is 2. The average Bonchev–Trinajstić information content (AvgIpc) is 2.42. The first-order chi connectivity index (χ1) is 11.1. The molecule has 6 nitrogen and oxygen atoms in total. The predicted molar refractivity (Wildman–Crippen MR) is 91.3 cm³/mol. The first-order valence-corrected chi connectivity index (χ1v) is 8.04. The molecule has 24 heavy (non-hydrogen) atoms. The summed E-state index contributed by atoms with van der Waals surface area (Å²) in [4.78, 5) is 22.7. The second-order valence-corrected chi connectivity index (χ2v) is 6.97. The summed E-state index contributed by atoms with van der Waals surface area (Å²) in [5.41, 5.74) is 0.423. The Balaban J connectivity index is 2.47. The summed E-state index contributed by atoms with van der Waals surface area (Å²) in [6.45, 7) is 9.61. The number of nitrogens with one attached hydrogen (secondary N) is 1. The van der Waals surface area contributed by atoms with Crippen LogP contribution in [0.4, 0.5) is 4.79 Å². The highest BCUT2D eigenvalue weighted by Gasteiger charge is 2.20. The van der Waals surface area contributed by atoms with E-state index in [4.69, 9.17) is 14.6 Å². The summed E-state index contributed by atoms with van der Waals surface area (Å²) in [6.07, 6.45) is -0.0541. The summed E-state index contributed by atoms with van der Waals surface area (Å²) in [5, 5.41) is 12.2. The SMILES string of the molecule is CC(C)[C@H](NCCc1ccc(OC(=O)OC(C)(C)C)cc1)C(=O)O. The Morgan fingerprint density at radius 1 is 1.17 bits per heavy atom. The summed E-state index contributed by atoms with van der Waals surface area (Å²) in [7, 11) is 0. The first kappa shape index (κ1) is 20.0. The van der Waals surface area contributed by atoms with E-state index in [2.05, 4.69) is 5.32 Å². The molecule has 0 heterocycles. The predicted octanol–water partition coefficient (Wildman–Crippen LogP) is 3.24. The fourth-order valence-electron chi connectivity index (χ4n) is 2.07. The Morgan fingerprint density at radius 2 is 1.75 bits per heavy atom. The Hall–Kier alpha value is -2.08. The van der Waals surface area contributed by atoms with Crippen molar-refractivity contribution in [3.8, 4) is 5.75 Å². The van der Waals surface area contributed by atoms with Crippen LogP contribution in [0.25, 0.3) is 0 Å². The van der Waals surface area contributed by atoms with Gasteiger partial charge in [0.2, 0.25) is 0 Å².